The maximum Gasteiger partial charge on any atom is 0.0431 e. The summed E-state index contributed by atoms with van der Waals surface area (Å²) in [6.07, 6.45) is 5.66. The van der Waals surface area contributed by atoms with Gasteiger partial charge in [0, 0.05) is 12.6 Å². The van der Waals surface area contributed by atoms with E-state index in [0.29, 0.717) is 18.6 Å². The largest absolute Gasteiger partial charge is 0.396 e. The number of hydrogen-bond donors (Lipinski definition) is 2. The van der Waals surface area contributed by atoms with Crippen LogP contribution in [0.4, 0.5) is 0 Å². The van der Waals surface area contributed by atoms with Crippen LogP contribution < -0.4 is 5.32 Å². The van der Waals surface area contributed by atoms with E-state index in [1.165, 1.54) is 24.8 Å². The molecule has 0 aliphatic heterocycles. The van der Waals surface area contributed by atoms with Gasteiger partial charge in [-0.15, -0.1) is 0 Å². The predicted octanol–water partition coefficient (Wildman–Crippen LogP) is 3.92. The fourth-order valence-electron chi connectivity index (χ4n) is 2.36. The van der Waals surface area contributed by atoms with E-state index in [0.717, 1.165) is 19.4 Å². The van der Waals surface area contributed by atoms with Crippen LogP contribution >= 0.6 is 0 Å². The zero-order chi connectivity index (χ0) is 13.9. The van der Waals surface area contributed by atoms with E-state index >= 15 is 0 Å². The van der Waals surface area contributed by atoms with Crippen LogP contribution in [0.1, 0.15) is 57.6 Å². The van der Waals surface area contributed by atoms with Crippen molar-refractivity contribution in [1.82, 2.24) is 5.32 Å². The Morgan fingerprint density at radius 3 is 2.32 bits per heavy atom. The number of unbranched alkanes of at least 4 members (excludes halogenated alkanes) is 3. The van der Waals surface area contributed by atoms with Crippen molar-refractivity contribution in [2.45, 2.75) is 52.0 Å². The fourth-order valence-corrected chi connectivity index (χ4v) is 2.36. The Hall–Kier alpha value is -0.860. The van der Waals surface area contributed by atoms with Gasteiger partial charge in [0.1, 0.15) is 0 Å². The molecule has 0 saturated carbocycles. The lowest BCUT2D eigenvalue weighted by Crippen LogP contribution is -2.23. The molecule has 0 aliphatic carbocycles. The Kier molecular flexibility index (Phi) is 8.52. The molecule has 1 aromatic carbocycles. The zero-order valence-corrected chi connectivity index (χ0v) is 12.4. The third-order valence-corrected chi connectivity index (χ3v) is 3.38. The molecular weight excluding hydrogens is 234 g/mol. The van der Waals surface area contributed by atoms with Crippen molar-refractivity contribution in [1.29, 1.82) is 0 Å². The van der Waals surface area contributed by atoms with Crippen LogP contribution in [0, 0.1) is 5.92 Å². The van der Waals surface area contributed by atoms with Gasteiger partial charge in [-0.25, -0.2) is 0 Å². The second-order valence-electron chi connectivity index (χ2n) is 5.68. The first-order valence-corrected chi connectivity index (χ1v) is 7.63. The van der Waals surface area contributed by atoms with Crippen LogP contribution in [-0.4, -0.2) is 18.3 Å². The lowest BCUT2D eigenvalue weighted by atomic mass is 9.97. The van der Waals surface area contributed by atoms with Crippen LogP contribution in [0.25, 0.3) is 0 Å². The first-order valence-electron chi connectivity index (χ1n) is 7.63. The molecule has 2 nitrogen and oxygen atoms in total. The van der Waals surface area contributed by atoms with Gasteiger partial charge < -0.3 is 10.4 Å². The average Bonchev–Trinajstić information content (AvgIpc) is 2.42. The van der Waals surface area contributed by atoms with Crippen molar-refractivity contribution in [3.05, 3.63) is 35.9 Å². The second kappa shape index (κ2) is 9.99. The Labute approximate surface area is 118 Å². The van der Waals surface area contributed by atoms with E-state index < -0.39 is 0 Å². The third kappa shape index (κ3) is 7.34. The highest BCUT2D eigenvalue weighted by molar-refractivity contribution is 5.18. The monoisotopic (exact) mass is 263 g/mol. The van der Waals surface area contributed by atoms with Crippen molar-refractivity contribution < 1.29 is 5.11 Å². The van der Waals surface area contributed by atoms with Crippen LogP contribution in [0.5, 0.6) is 0 Å². The molecule has 1 aromatic rings. The minimum atomic E-state index is 0.327. The molecule has 0 saturated heterocycles. The van der Waals surface area contributed by atoms with Crippen LogP contribution in [0.3, 0.4) is 0 Å². The van der Waals surface area contributed by atoms with Gasteiger partial charge in [0.05, 0.1) is 0 Å². The molecule has 0 aliphatic rings. The van der Waals surface area contributed by atoms with Crippen molar-refractivity contribution >= 4 is 0 Å². The van der Waals surface area contributed by atoms with E-state index in [4.69, 9.17) is 5.11 Å². The summed E-state index contributed by atoms with van der Waals surface area (Å²) in [6.45, 7) is 5.95. The van der Waals surface area contributed by atoms with E-state index in [-0.39, 0.29) is 0 Å². The quantitative estimate of drug-likeness (QED) is 0.627. The molecule has 0 spiro atoms. The third-order valence-electron chi connectivity index (χ3n) is 3.38. The molecule has 1 unspecified atom stereocenters. The highest BCUT2D eigenvalue weighted by atomic mass is 16.2. The van der Waals surface area contributed by atoms with Crippen LogP contribution in [0.15, 0.2) is 30.3 Å². The summed E-state index contributed by atoms with van der Waals surface area (Å²) in [5.41, 5.74) is 1.39. The predicted molar refractivity (Wildman–Crippen MR) is 82.2 cm³/mol. The van der Waals surface area contributed by atoms with Crippen molar-refractivity contribution in [3.63, 3.8) is 0 Å². The minimum absolute atomic E-state index is 0.327. The molecular formula is C17H29NO. The Morgan fingerprint density at radius 2 is 1.68 bits per heavy atom. The van der Waals surface area contributed by atoms with Gasteiger partial charge in [0.15, 0.2) is 0 Å². The van der Waals surface area contributed by atoms with E-state index in [2.05, 4.69) is 49.5 Å². The molecule has 0 amide bonds. The number of aliphatic hydroxyl groups excluding tert-OH is 1. The topological polar surface area (TPSA) is 32.3 Å². The molecule has 2 heteroatoms. The summed E-state index contributed by atoms with van der Waals surface area (Å²) in [6, 6.07) is 11.2. The van der Waals surface area contributed by atoms with Gasteiger partial charge >= 0.3 is 0 Å². The van der Waals surface area contributed by atoms with Gasteiger partial charge in [-0.05, 0) is 37.3 Å². The smallest absolute Gasteiger partial charge is 0.0431 e. The normalized spacial score (nSPS) is 12.8. The maximum absolute atomic E-state index is 8.74. The molecule has 108 valence electrons. The molecule has 0 radical (unpaired) electrons. The molecule has 1 atom stereocenters. The van der Waals surface area contributed by atoms with Gasteiger partial charge in [-0.3, -0.25) is 0 Å². The Balaban J connectivity index is 2.34. The van der Waals surface area contributed by atoms with E-state index in [1.807, 2.05) is 0 Å². The summed E-state index contributed by atoms with van der Waals surface area (Å²) in [5, 5.41) is 12.4. The summed E-state index contributed by atoms with van der Waals surface area (Å²) in [4.78, 5) is 0. The van der Waals surface area contributed by atoms with E-state index in [9.17, 15) is 0 Å². The minimum Gasteiger partial charge on any atom is -0.396 e. The van der Waals surface area contributed by atoms with Gasteiger partial charge in [-0.1, -0.05) is 57.0 Å². The van der Waals surface area contributed by atoms with E-state index in [1.54, 1.807) is 0 Å². The SMILES string of the molecule is CC(C)CC(NCCCCCCO)c1ccccc1. The first-order chi connectivity index (χ1) is 9.24. The van der Waals surface area contributed by atoms with Gasteiger partial charge in [-0.2, -0.15) is 0 Å². The Morgan fingerprint density at radius 1 is 1.00 bits per heavy atom. The van der Waals surface area contributed by atoms with Gasteiger partial charge in [0.25, 0.3) is 0 Å². The summed E-state index contributed by atoms with van der Waals surface area (Å²) in [5.74, 6) is 0.701. The van der Waals surface area contributed by atoms with Gasteiger partial charge in [0.2, 0.25) is 0 Å². The zero-order valence-electron chi connectivity index (χ0n) is 12.4. The van der Waals surface area contributed by atoms with Crippen molar-refractivity contribution in [3.8, 4) is 0 Å². The number of hydrogen-bond acceptors (Lipinski definition) is 2. The molecule has 0 heterocycles. The summed E-state index contributed by atoms with van der Waals surface area (Å²) >= 11 is 0. The second-order valence-corrected chi connectivity index (χ2v) is 5.68. The molecule has 0 bridgehead atoms. The number of benzene rings is 1. The van der Waals surface area contributed by atoms with Crippen LogP contribution in [0.2, 0.25) is 0 Å². The number of nitrogens with one attached hydrogen (secondary N) is 1. The lowest BCUT2D eigenvalue weighted by molar-refractivity contribution is 0.282. The van der Waals surface area contributed by atoms with Crippen molar-refractivity contribution in [2.75, 3.05) is 13.2 Å². The average molecular weight is 263 g/mol. The Bertz CT molecular complexity index is 310. The van der Waals surface area contributed by atoms with Crippen molar-refractivity contribution in [2.24, 2.45) is 5.92 Å². The standard InChI is InChI=1S/C17H29NO/c1-15(2)14-17(16-10-6-5-7-11-16)18-12-8-3-4-9-13-19/h5-7,10-11,15,17-19H,3-4,8-9,12-14H2,1-2H3. The maximum atomic E-state index is 8.74. The van der Waals surface area contributed by atoms with Crippen LogP contribution in [-0.2, 0) is 0 Å². The number of rotatable bonds is 10. The summed E-state index contributed by atoms with van der Waals surface area (Å²) in [7, 11) is 0. The fraction of sp³-hybridized carbons (Fsp3) is 0.647. The first kappa shape index (κ1) is 16.2. The summed E-state index contributed by atoms with van der Waals surface area (Å²) < 4.78 is 0. The molecule has 2 N–H and O–H groups in total. The lowest BCUT2D eigenvalue weighted by Gasteiger charge is -2.21. The highest BCUT2D eigenvalue weighted by Crippen LogP contribution is 2.21. The molecule has 0 aromatic heterocycles. The molecule has 19 heavy (non-hydrogen) atoms. The highest BCUT2D eigenvalue weighted by Gasteiger charge is 2.11. The molecule has 0 fully saturated rings. The number of aliphatic hydroxyl groups is 1. The molecule has 1 rings (SSSR count).